The van der Waals surface area contributed by atoms with Crippen molar-refractivity contribution >= 4 is 17.2 Å². The zero-order valence-corrected chi connectivity index (χ0v) is 8.53. The Morgan fingerprint density at radius 2 is 2.13 bits per heavy atom. The van der Waals surface area contributed by atoms with E-state index in [0.29, 0.717) is 6.54 Å². The summed E-state index contributed by atoms with van der Waals surface area (Å²) < 4.78 is 0. The summed E-state index contributed by atoms with van der Waals surface area (Å²) in [6.07, 6.45) is -0.575. The van der Waals surface area contributed by atoms with Gasteiger partial charge in [-0.15, -0.1) is 0 Å². The van der Waals surface area contributed by atoms with E-state index in [2.05, 4.69) is 10.7 Å². The Balaban J connectivity index is 2.13. The predicted molar refractivity (Wildman–Crippen MR) is 59.5 cm³/mol. The first kappa shape index (κ1) is 9.95. The maximum atomic E-state index is 11.2. The Kier molecular flexibility index (Phi) is 2.57. The standard InChI is InChI=1S/C10H14N4O/c1-12-7-2-4-8(5-3-7)14-6-9(15)10(11)13-14/h2-5,10,12-13H,6,11H2,1H3. The molecule has 1 saturated heterocycles. The zero-order valence-electron chi connectivity index (χ0n) is 8.53. The number of Topliss-reactive ketones (excluding diaryl/α,β-unsaturated/α-hetero) is 1. The molecule has 1 aliphatic heterocycles. The third-order valence-corrected chi connectivity index (χ3v) is 2.42. The smallest absolute Gasteiger partial charge is 0.186 e. The van der Waals surface area contributed by atoms with Gasteiger partial charge in [-0.3, -0.25) is 9.80 Å². The highest BCUT2D eigenvalue weighted by Crippen LogP contribution is 2.18. The van der Waals surface area contributed by atoms with E-state index >= 15 is 0 Å². The molecule has 0 spiro atoms. The number of nitrogens with zero attached hydrogens (tertiary/aromatic N) is 1. The summed E-state index contributed by atoms with van der Waals surface area (Å²) in [5.41, 5.74) is 10.4. The molecule has 80 valence electrons. The number of nitrogens with one attached hydrogen (secondary N) is 2. The number of hydrogen-bond acceptors (Lipinski definition) is 5. The van der Waals surface area contributed by atoms with Gasteiger partial charge in [0.25, 0.3) is 0 Å². The van der Waals surface area contributed by atoms with E-state index in [1.54, 1.807) is 5.01 Å². The Morgan fingerprint density at radius 1 is 1.47 bits per heavy atom. The molecule has 0 bridgehead atoms. The molecule has 1 unspecified atom stereocenters. The predicted octanol–water partition coefficient (Wildman–Crippen LogP) is -0.0932. The third kappa shape index (κ3) is 1.93. The molecule has 15 heavy (non-hydrogen) atoms. The van der Waals surface area contributed by atoms with Gasteiger partial charge in [-0.05, 0) is 24.3 Å². The van der Waals surface area contributed by atoms with Crippen molar-refractivity contribution in [2.24, 2.45) is 5.73 Å². The van der Waals surface area contributed by atoms with Crippen LogP contribution in [0.25, 0.3) is 0 Å². The van der Waals surface area contributed by atoms with Crippen molar-refractivity contribution in [3.63, 3.8) is 0 Å². The summed E-state index contributed by atoms with van der Waals surface area (Å²) in [6, 6.07) is 7.77. The summed E-state index contributed by atoms with van der Waals surface area (Å²) in [5.74, 6) is 0.00712. The van der Waals surface area contributed by atoms with Gasteiger partial charge >= 0.3 is 0 Å². The molecule has 0 aliphatic carbocycles. The number of nitrogens with two attached hydrogens (primary N) is 1. The molecule has 0 aromatic heterocycles. The SMILES string of the molecule is CNc1ccc(N2CC(=O)C(N)N2)cc1. The van der Waals surface area contributed by atoms with Gasteiger partial charge in [0, 0.05) is 12.7 Å². The Bertz CT molecular complexity index is 362. The van der Waals surface area contributed by atoms with Gasteiger partial charge in [-0.25, -0.2) is 5.43 Å². The summed E-state index contributed by atoms with van der Waals surface area (Å²) in [6.45, 7) is 0.320. The topological polar surface area (TPSA) is 70.4 Å². The van der Waals surface area contributed by atoms with Crippen LogP contribution >= 0.6 is 0 Å². The lowest BCUT2D eigenvalue weighted by molar-refractivity contribution is -0.117. The van der Waals surface area contributed by atoms with E-state index in [1.807, 2.05) is 31.3 Å². The molecule has 0 amide bonds. The minimum absolute atomic E-state index is 0.00712. The van der Waals surface area contributed by atoms with Crippen molar-refractivity contribution in [2.75, 3.05) is 23.9 Å². The molecule has 4 N–H and O–H groups in total. The Labute approximate surface area is 88.2 Å². The number of ketones is 1. The molecule has 1 aromatic rings. The molecular formula is C10H14N4O. The first-order valence-electron chi connectivity index (χ1n) is 4.80. The summed E-state index contributed by atoms with van der Waals surface area (Å²) >= 11 is 0. The molecular weight excluding hydrogens is 192 g/mol. The maximum Gasteiger partial charge on any atom is 0.186 e. The van der Waals surface area contributed by atoms with Crippen LogP contribution in [-0.2, 0) is 4.79 Å². The fourth-order valence-electron chi connectivity index (χ4n) is 1.51. The average Bonchev–Trinajstić information content (AvgIpc) is 2.59. The second kappa shape index (κ2) is 3.88. The maximum absolute atomic E-state index is 11.2. The lowest BCUT2D eigenvalue weighted by atomic mass is 10.2. The molecule has 0 radical (unpaired) electrons. The van der Waals surface area contributed by atoms with Crippen LogP contribution in [0.5, 0.6) is 0 Å². The zero-order chi connectivity index (χ0) is 10.8. The lowest BCUT2D eigenvalue weighted by Gasteiger charge is -2.17. The molecule has 1 aliphatic rings. The Hall–Kier alpha value is -1.59. The first-order valence-corrected chi connectivity index (χ1v) is 4.80. The Morgan fingerprint density at radius 3 is 2.60 bits per heavy atom. The van der Waals surface area contributed by atoms with Gasteiger partial charge in [0.05, 0.1) is 12.2 Å². The van der Waals surface area contributed by atoms with E-state index in [4.69, 9.17) is 5.73 Å². The molecule has 1 heterocycles. The summed E-state index contributed by atoms with van der Waals surface area (Å²) in [7, 11) is 1.86. The van der Waals surface area contributed by atoms with Gasteiger partial charge in [0.1, 0.15) is 6.17 Å². The van der Waals surface area contributed by atoms with Crippen molar-refractivity contribution in [3.8, 4) is 0 Å². The molecule has 5 nitrogen and oxygen atoms in total. The number of hydrazine groups is 1. The molecule has 2 rings (SSSR count). The van der Waals surface area contributed by atoms with Crippen LogP contribution in [0.3, 0.4) is 0 Å². The van der Waals surface area contributed by atoms with Crippen molar-refractivity contribution in [2.45, 2.75) is 6.17 Å². The van der Waals surface area contributed by atoms with Crippen LogP contribution in [0, 0.1) is 0 Å². The summed E-state index contributed by atoms with van der Waals surface area (Å²) in [5, 5.41) is 4.79. The third-order valence-electron chi connectivity index (χ3n) is 2.42. The van der Waals surface area contributed by atoms with Crippen LogP contribution < -0.4 is 21.5 Å². The van der Waals surface area contributed by atoms with Crippen molar-refractivity contribution in [3.05, 3.63) is 24.3 Å². The molecule has 0 saturated carbocycles. The average molecular weight is 206 g/mol. The van der Waals surface area contributed by atoms with Crippen molar-refractivity contribution in [1.82, 2.24) is 5.43 Å². The van der Waals surface area contributed by atoms with E-state index in [-0.39, 0.29) is 5.78 Å². The van der Waals surface area contributed by atoms with Crippen molar-refractivity contribution in [1.29, 1.82) is 0 Å². The highest BCUT2D eigenvalue weighted by Gasteiger charge is 2.26. The number of benzene rings is 1. The van der Waals surface area contributed by atoms with Crippen LogP contribution in [0.4, 0.5) is 11.4 Å². The van der Waals surface area contributed by atoms with Crippen LogP contribution in [0.15, 0.2) is 24.3 Å². The van der Waals surface area contributed by atoms with Crippen molar-refractivity contribution < 1.29 is 4.79 Å². The van der Waals surface area contributed by atoms with E-state index in [0.717, 1.165) is 11.4 Å². The van der Waals surface area contributed by atoms with Crippen LogP contribution in [-0.4, -0.2) is 25.5 Å². The summed E-state index contributed by atoms with van der Waals surface area (Å²) in [4.78, 5) is 11.2. The number of carbonyl (C=O) groups is 1. The van der Waals surface area contributed by atoms with E-state index in [1.165, 1.54) is 0 Å². The molecule has 1 atom stereocenters. The second-order valence-electron chi connectivity index (χ2n) is 3.46. The number of anilines is 2. The molecule has 5 heteroatoms. The number of rotatable bonds is 2. The van der Waals surface area contributed by atoms with Gasteiger partial charge < -0.3 is 11.1 Å². The second-order valence-corrected chi connectivity index (χ2v) is 3.46. The minimum atomic E-state index is -0.575. The normalized spacial score (nSPS) is 20.8. The lowest BCUT2D eigenvalue weighted by Crippen LogP contribution is -2.41. The van der Waals surface area contributed by atoms with E-state index in [9.17, 15) is 4.79 Å². The van der Waals surface area contributed by atoms with Crippen LogP contribution in [0.1, 0.15) is 0 Å². The molecule has 1 fully saturated rings. The van der Waals surface area contributed by atoms with Crippen LogP contribution in [0.2, 0.25) is 0 Å². The van der Waals surface area contributed by atoms with Gasteiger partial charge in [-0.2, -0.15) is 0 Å². The van der Waals surface area contributed by atoms with Gasteiger partial charge in [0.15, 0.2) is 5.78 Å². The number of hydrogen-bond donors (Lipinski definition) is 3. The molecule has 1 aromatic carbocycles. The van der Waals surface area contributed by atoms with Gasteiger partial charge in [-0.1, -0.05) is 0 Å². The fraction of sp³-hybridized carbons (Fsp3) is 0.300. The highest BCUT2D eigenvalue weighted by molar-refractivity contribution is 5.90. The largest absolute Gasteiger partial charge is 0.388 e. The van der Waals surface area contributed by atoms with E-state index < -0.39 is 6.17 Å². The first-order chi connectivity index (χ1) is 7.20. The fourth-order valence-corrected chi connectivity index (χ4v) is 1.51. The monoisotopic (exact) mass is 206 g/mol. The number of carbonyl (C=O) groups excluding carboxylic acids is 1. The highest BCUT2D eigenvalue weighted by atomic mass is 16.1. The minimum Gasteiger partial charge on any atom is -0.388 e. The quantitative estimate of drug-likeness (QED) is 0.630. The van der Waals surface area contributed by atoms with Gasteiger partial charge in [0.2, 0.25) is 0 Å².